The van der Waals surface area contributed by atoms with Gasteiger partial charge in [-0.2, -0.15) is 5.10 Å². The Balaban J connectivity index is 2.04. The normalized spacial score (nSPS) is 12.1. The van der Waals surface area contributed by atoms with Gasteiger partial charge in [-0.15, -0.1) is 0 Å². The van der Waals surface area contributed by atoms with Gasteiger partial charge >= 0.3 is 0 Å². The maximum absolute atomic E-state index is 12.3. The van der Waals surface area contributed by atoms with Gasteiger partial charge in [0.15, 0.2) is 5.65 Å². The first-order chi connectivity index (χ1) is 10.5. The molecule has 0 fully saturated rings. The molecule has 22 heavy (non-hydrogen) atoms. The van der Waals surface area contributed by atoms with Crippen LogP contribution in [0.15, 0.2) is 17.2 Å². The number of pyridine rings is 1. The number of rotatable bonds is 8. The number of sulfonamides is 1. The van der Waals surface area contributed by atoms with Crippen molar-refractivity contribution in [2.75, 3.05) is 33.4 Å². The Bertz CT molecular complexity index is 741. The largest absolute Gasteiger partial charge is 0.383 e. The summed E-state index contributed by atoms with van der Waals surface area (Å²) in [5.41, 5.74) is 1.42. The number of hydrogen-bond donors (Lipinski definition) is 2. The molecule has 0 saturated heterocycles. The molecule has 2 N–H and O–H groups in total. The third-order valence-electron chi connectivity index (χ3n) is 3.23. The van der Waals surface area contributed by atoms with Gasteiger partial charge in [0, 0.05) is 45.4 Å². The molecule has 2 heterocycles. The topological polar surface area (TPSA) is 98.1 Å². The molecule has 0 unspecified atom stereocenters. The van der Waals surface area contributed by atoms with Crippen molar-refractivity contribution >= 4 is 21.1 Å². The van der Waals surface area contributed by atoms with Crippen LogP contribution in [0.3, 0.4) is 0 Å². The van der Waals surface area contributed by atoms with E-state index in [4.69, 9.17) is 4.74 Å². The predicted octanol–water partition coefficient (Wildman–Crippen LogP) is -0.209. The molecule has 0 spiro atoms. The van der Waals surface area contributed by atoms with Crippen molar-refractivity contribution in [1.82, 2.24) is 24.8 Å². The van der Waals surface area contributed by atoms with E-state index >= 15 is 0 Å². The quantitative estimate of drug-likeness (QED) is 0.651. The Hall–Kier alpha value is -1.55. The maximum Gasteiger partial charge on any atom is 0.242 e. The van der Waals surface area contributed by atoms with E-state index in [2.05, 4.69) is 20.1 Å². The smallest absolute Gasteiger partial charge is 0.242 e. The Morgan fingerprint density at radius 3 is 2.82 bits per heavy atom. The minimum Gasteiger partial charge on any atom is -0.383 e. The van der Waals surface area contributed by atoms with E-state index in [0.29, 0.717) is 31.9 Å². The van der Waals surface area contributed by atoms with E-state index in [0.717, 1.165) is 11.1 Å². The van der Waals surface area contributed by atoms with Crippen LogP contribution in [0.1, 0.15) is 5.69 Å². The molecule has 2 aromatic heterocycles. The van der Waals surface area contributed by atoms with Gasteiger partial charge in [-0.3, -0.25) is 4.68 Å². The predicted molar refractivity (Wildman–Crippen MR) is 83.2 cm³/mol. The number of ether oxygens (including phenoxy) is 1. The first kappa shape index (κ1) is 16.8. The second kappa shape index (κ2) is 7.14. The average Bonchev–Trinajstić information content (AvgIpc) is 2.77. The van der Waals surface area contributed by atoms with Crippen molar-refractivity contribution in [2.45, 2.75) is 11.8 Å². The molecule has 2 aromatic rings. The van der Waals surface area contributed by atoms with Gasteiger partial charge in [0.1, 0.15) is 4.90 Å². The molecule has 0 bridgehead atoms. The van der Waals surface area contributed by atoms with E-state index in [1.165, 1.54) is 6.20 Å². The zero-order valence-corrected chi connectivity index (χ0v) is 13.8. The first-order valence-corrected chi connectivity index (χ1v) is 8.42. The lowest BCUT2D eigenvalue weighted by Gasteiger charge is -2.07. The lowest BCUT2D eigenvalue weighted by molar-refractivity contribution is 0.199. The van der Waals surface area contributed by atoms with E-state index in [-0.39, 0.29) is 4.90 Å². The number of nitrogens with one attached hydrogen (secondary N) is 2. The maximum atomic E-state index is 12.3. The molecule has 0 atom stereocenters. The summed E-state index contributed by atoms with van der Waals surface area (Å²) in [5.74, 6) is 0. The van der Waals surface area contributed by atoms with Crippen LogP contribution in [0.2, 0.25) is 0 Å². The molecule has 9 heteroatoms. The molecule has 0 amide bonds. The van der Waals surface area contributed by atoms with Crippen LogP contribution in [0.25, 0.3) is 11.0 Å². The van der Waals surface area contributed by atoms with Crippen LogP contribution in [-0.4, -0.2) is 56.5 Å². The molecular weight excluding hydrogens is 306 g/mol. The van der Waals surface area contributed by atoms with Crippen LogP contribution in [0.4, 0.5) is 0 Å². The van der Waals surface area contributed by atoms with E-state index in [1.807, 2.05) is 6.92 Å². The molecular formula is C13H21N5O3S. The van der Waals surface area contributed by atoms with Crippen LogP contribution in [0, 0.1) is 6.92 Å². The number of fused-ring (bicyclic) bond motifs is 1. The van der Waals surface area contributed by atoms with Gasteiger partial charge in [-0.05, 0) is 13.0 Å². The third-order valence-corrected chi connectivity index (χ3v) is 4.65. The fourth-order valence-corrected chi connectivity index (χ4v) is 3.09. The van der Waals surface area contributed by atoms with Crippen molar-refractivity contribution in [3.05, 3.63) is 18.0 Å². The van der Waals surface area contributed by atoms with Crippen LogP contribution < -0.4 is 10.0 Å². The first-order valence-electron chi connectivity index (χ1n) is 6.94. The molecule has 0 aliphatic heterocycles. The molecule has 0 saturated carbocycles. The average molecular weight is 327 g/mol. The second-order valence-corrected chi connectivity index (χ2v) is 6.66. The van der Waals surface area contributed by atoms with Gasteiger partial charge < -0.3 is 10.1 Å². The fraction of sp³-hybridized carbons (Fsp3) is 0.538. The Kier molecular flexibility index (Phi) is 5.46. The highest BCUT2D eigenvalue weighted by molar-refractivity contribution is 7.89. The highest BCUT2D eigenvalue weighted by atomic mass is 32.2. The summed E-state index contributed by atoms with van der Waals surface area (Å²) >= 11 is 0. The lowest BCUT2D eigenvalue weighted by atomic mass is 10.3. The monoisotopic (exact) mass is 327 g/mol. The lowest BCUT2D eigenvalue weighted by Crippen LogP contribution is -2.33. The Morgan fingerprint density at radius 2 is 2.09 bits per heavy atom. The molecule has 2 rings (SSSR count). The zero-order valence-electron chi connectivity index (χ0n) is 13.0. The number of nitrogens with zero attached hydrogens (tertiary/aromatic N) is 3. The number of hydrogen-bond acceptors (Lipinski definition) is 6. The third kappa shape index (κ3) is 3.80. The SMILES string of the molecule is COCCNCCNS(=O)(=O)c1cnc2c(c1)c(C)nn2C. The fourth-order valence-electron chi connectivity index (χ4n) is 2.09. The van der Waals surface area contributed by atoms with Gasteiger partial charge in [0.05, 0.1) is 12.3 Å². The van der Waals surface area contributed by atoms with Crippen molar-refractivity contribution in [3.8, 4) is 0 Å². The van der Waals surface area contributed by atoms with Gasteiger partial charge in [-0.25, -0.2) is 18.1 Å². The van der Waals surface area contributed by atoms with Gasteiger partial charge in [0.25, 0.3) is 0 Å². The Labute approximate surface area is 129 Å². The number of aromatic nitrogens is 3. The molecule has 0 radical (unpaired) electrons. The highest BCUT2D eigenvalue weighted by Gasteiger charge is 2.16. The zero-order chi connectivity index (χ0) is 16.2. The Morgan fingerprint density at radius 1 is 1.32 bits per heavy atom. The summed E-state index contributed by atoms with van der Waals surface area (Å²) < 4.78 is 33.6. The summed E-state index contributed by atoms with van der Waals surface area (Å²) in [6.07, 6.45) is 1.35. The molecule has 122 valence electrons. The summed E-state index contributed by atoms with van der Waals surface area (Å²) in [6, 6.07) is 1.60. The van der Waals surface area contributed by atoms with Crippen molar-refractivity contribution < 1.29 is 13.2 Å². The van der Waals surface area contributed by atoms with Crippen LogP contribution in [0.5, 0.6) is 0 Å². The minimum atomic E-state index is -3.57. The summed E-state index contributed by atoms with van der Waals surface area (Å²) in [4.78, 5) is 4.33. The second-order valence-electron chi connectivity index (χ2n) is 4.89. The van der Waals surface area contributed by atoms with Crippen molar-refractivity contribution in [2.24, 2.45) is 7.05 Å². The molecule has 0 aliphatic rings. The number of aryl methyl sites for hydroxylation is 2. The van der Waals surface area contributed by atoms with Crippen molar-refractivity contribution in [1.29, 1.82) is 0 Å². The minimum absolute atomic E-state index is 0.146. The summed E-state index contributed by atoms with van der Waals surface area (Å²) in [7, 11) is -0.176. The van der Waals surface area contributed by atoms with E-state index in [1.54, 1.807) is 24.9 Å². The highest BCUT2D eigenvalue weighted by Crippen LogP contribution is 2.18. The number of methoxy groups -OCH3 is 1. The summed E-state index contributed by atoms with van der Waals surface area (Å²) in [5, 5.41) is 8.05. The molecule has 8 nitrogen and oxygen atoms in total. The van der Waals surface area contributed by atoms with Crippen LogP contribution >= 0.6 is 0 Å². The van der Waals surface area contributed by atoms with E-state index in [9.17, 15) is 8.42 Å². The summed E-state index contributed by atoms with van der Waals surface area (Å²) in [6.45, 7) is 3.93. The molecule has 0 aromatic carbocycles. The molecule has 0 aliphatic carbocycles. The van der Waals surface area contributed by atoms with Gasteiger partial charge in [-0.1, -0.05) is 0 Å². The van der Waals surface area contributed by atoms with Crippen LogP contribution in [-0.2, 0) is 21.8 Å². The van der Waals surface area contributed by atoms with Crippen molar-refractivity contribution in [3.63, 3.8) is 0 Å². The van der Waals surface area contributed by atoms with E-state index < -0.39 is 10.0 Å². The standard InChI is InChI=1S/C13H21N5O3S/c1-10-12-8-11(9-15-13(12)18(2)17-10)22(19,20)16-5-4-14-6-7-21-3/h8-9,14,16H,4-7H2,1-3H3. The van der Waals surface area contributed by atoms with Gasteiger partial charge in [0.2, 0.25) is 10.0 Å².